The molecule has 0 unspecified atom stereocenters. The van der Waals surface area contributed by atoms with Gasteiger partial charge in [-0.15, -0.1) is 0 Å². The van der Waals surface area contributed by atoms with Gasteiger partial charge < -0.3 is 5.32 Å². The van der Waals surface area contributed by atoms with Gasteiger partial charge in [0.05, 0.1) is 18.1 Å². The molecule has 5 nitrogen and oxygen atoms in total. The van der Waals surface area contributed by atoms with Crippen molar-refractivity contribution in [2.24, 2.45) is 0 Å². The second-order valence-corrected chi connectivity index (χ2v) is 5.46. The molecule has 1 N–H and O–H groups in total. The highest BCUT2D eigenvalue weighted by atomic mass is 35.5. The normalized spacial score (nSPS) is 10.7. The van der Waals surface area contributed by atoms with Gasteiger partial charge in [-0.3, -0.25) is 9.59 Å². The molecular formula is C17H14ClN3O2. The van der Waals surface area contributed by atoms with Crippen LogP contribution in [0.4, 0.5) is 0 Å². The summed E-state index contributed by atoms with van der Waals surface area (Å²) < 4.78 is 1.35. The zero-order chi connectivity index (χ0) is 16.2. The number of benzene rings is 2. The number of amides is 1. The van der Waals surface area contributed by atoms with Gasteiger partial charge in [-0.25, -0.2) is 4.68 Å². The van der Waals surface area contributed by atoms with E-state index in [1.54, 1.807) is 36.5 Å². The fourth-order valence-electron chi connectivity index (χ4n) is 2.27. The van der Waals surface area contributed by atoms with E-state index in [1.807, 2.05) is 18.2 Å². The van der Waals surface area contributed by atoms with Crippen LogP contribution in [0, 0.1) is 0 Å². The molecule has 3 rings (SSSR count). The second kappa shape index (κ2) is 6.62. The molecule has 3 aromatic rings. The summed E-state index contributed by atoms with van der Waals surface area (Å²) in [5, 5.41) is 8.88. The van der Waals surface area contributed by atoms with Crippen LogP contribution in [0.15, 0.2) is 59.5 Å². The lowest BCUT2D eigenvalue weighted by molar-refractivity contribution is 0.0952. The van der Waals surface area contributed by atoms with E-state index in [0.717, 1.165) is 5.39 Å². The predicted molar refractivity (Wildman–Crippen MR) is 89.8 cm³/mol. The summed E-state index contributed by atoms with van der Waals surface area (Å²) in [6, 6.07) is 13.9. The summed E-state index contributed by atoms with van der Waals surface area (Å²) >= 11 is 5.79. The van der Waals surface area contributed by atoms with Crippen molar-refractivity contribution in [3.8, 4) is 0 Å². The maximum Gasteiger partial charge on any atom is 0.274 e. The molecular weight excluding hydrogens is 314 g/mol. The lowest BCUT2D eigenvalue weighted by Gasteiger charge is -2.08. The second-order valence-electron chi connectivity index (χ2n) is 5.02. The molecule has 0 spiro atoms. The van der Waals surface area contributed by atoms with Crippen LogP contribution in [0.25, 0.3) is 10.8 Å². The van der Waals surface area contributed by atoms with E-state index in [0.29, 0.717) is 29.1 Å². The molecule has 0 aliphatic rings. The van der Waals surface area contributed by atoms with Crippen molar-refractivity contribution in [2.45, 2.75) is 6.54 Å². The Morgan fingerprint density at radius 1 is 1.13 bits per heavy atom. The van der Waals surface area contributed by atoms with Gasteiger partial charge in [-0.2, -0.15) is 5.10 Å². The Bertz CT molecular complexity index is 904. The van der Waals surface area contributed by atoms with Crippen LogP contribution >= 0.6 is 11.6 Å². The van der Waals surface area contributed by atoms with Gasteiger partial charge in [0.15, 0.2) is 0 Å². The standard InChI is InChI=1S/C17H14ClN3O2/c18-14-7-5-12(6-8-14)16(22)19-9-10-21-17(23)15-4-2-1-3-13(15)11-20-21/h1-8,11H,9-10H2,(H,19,22). The van der Waals surface area contributed by atoms with Gasteiger partial charge in [0.25, 0.3) is 11.5 Å². The molecule has 1 amide bonds. The Labute approximate surface area is 137 Å². The van der Waals surface area contributed by atoms with Gasteiger partial charge in [-0.1, -0.05) is 29.8 Å². The van der Waals surface area contributed by atoms with E-state index < -0.39 is 0 Å². The fraction of sp³-hybridized carbons (Fsp3) is 0.118. The van der Waals surface area contributed by atoms with Gasteiger partial charge in [-0.05, 0) is 30.3 Å². The number of hydrogen-bond acceptors (Lipinski definition) is 3. The van der Waals surface area contributed by atoms with Crippen molar-refractivity contribution >= 4 is 28.3 Å². The van der Waals surface area contributed by atoms with E-state index in [-0.39, 0.29) is 11.5 Å². The number of carbonyl (C=O) groups excluding carboxylic acids is 1. The van der Waals surface area contributed by atoms with Crippen LogP contribution in [0.1, 0.15) is 10.4 Å². The first-order chi connectivity index (χ1) is 11.1. The highest BCUT2D eigenvalue weighted by molar-refractivity contribution is 6.30. The Balaban J connectivity index is 1.67. The number of nitrogens with one attached hydrogen (secondary N) is 1. The van der Waals surface area contributed by atoms with Gasteiger partial charge in [0.2, 0.25) is 0 Å². The van der Waals surface area contributed by atoms with Crippen molar-refractivity contribution in [1.29, 1.82) is 0 Å². The van der Waals surface area contributed by atoms with E-state index in [9.17, 15) is 9.59 Å². The van der Waals surface area contributed by atoms with Crippen molar-refractivity contribution in [2.75, 3.05) is 6.54 Å². The highest BCUT2D eigenvalue weighted by Gasteiger charge is 2.06. The molecule has 116 valence electrons. The molecule has 1 heterocycles. The highest BCUT2D eigenvalue weighted by Crippen LogP contribution is 2.09. The molecule has 6 heteroatoms. The lowest BCUT2D eigenvalue weighted by atomic mass is 10.2. The Kier molecular flexibility index (Phi) is 4.39. The SMILES string of the molecule is O=C(NCCn1ncc2ccccc2c1=O)c1ccc(Cl)cc1. The van der Waals surface area contributed by atoms with Crippen molar-refractivity contribution in [1.82, 2.24) is 15.1 Å². The summed E-state index contributed by atoms with van der Waals surface area (Å²) in [5.41, 5.74) is 0.358. The molecule has 0 bridgehead atoms. The van der Waals surface area contributed by atoms with Crippen LogP contribution in [-0.2, 0) is 6.54 Å². The third kappa shape index (κ3) is 3.40. The number of aromatic nitrogens is 2. The summed E-state index contributed by atoms with van der Waals surface area (Å²) in [4.78, 5) is 24.3. The van der Waals surface area contributed by atoms with E-state index in [2.05, 4.69) is 10.4 Å². The monoisotopic (exact) mass is 327 g/mol. The minimum absolute atomic E-state index is 0.163. The first kappa shape index (κ1) is 15.2. The van der Waals surface area contributed by atoms with E-state index in [4.69, 9.17) is 11.6 Å². The summed E-state index contributed by atoms with van der Waals surface area (Å²) in [6.07, 6.45) is 1.65. The number of hydrogen-bond donors (Lipinski definition) is 1. The molecule has 0 saturated heterocycles. The predicted octanol–water partition coefficient (Wildman–Crippen LogP) is 2.48. The number of nitrogens with zero attached hydrogens (tertiary/aromatic N) is 2. The van der Waals surface area contributed by atoms with Crippen LogP contribution in [0.2, 0.25) is 5.02 Å². The average Bonchev–Trinajstić information content (AvgIpc) is 2.57. The quantitative estimate of drug-likeness (QED) is 0.800. The van der Waals surface area contributed by atoms with Gasteiger partial charge in [0, 0.05) is 22.5 Å². The van der Waals surface area contributed by atoms with Crippen LogP contribution in [0.5, 0.6) is 0 Å². The number of rotatable bonds is 4. The number of fused-ring (bicyclic) bond motifs is 1. The molecule has 0 atom stereocenters. The molecule has 2 aromatic carbocycles. The zero-order valence-electron chi connectivity index (χ0n) is 12.2. The molecule has 0 aliphatic heterocycles. The molecule has 0 fully saturated rings. The average molecular weight is 328 g/mol. The molecule has 23 heavy (non-hydrogen) atoms. The van der Waals surface area contributed by atoms with Gasteiger partial charge in [0.1, 0.15) is 0 Å². The van der Waals surface area contributed by atoms with E-state index >= 15 is 0 Å². The summed E-state index contributed by atoms with van der Waals surface area (Å²) in [6.45, 7) is 0.621. The topological polar surface area (TPSA) is 64.0 Å². The maximum atomic E-state index is 12.3. The van der Waals surface area contributed by atoms with Crippen LogP contribution < -0.4 is 10.9 Å². The summed E-state index contributed by atoms with van der Waals surface area (Å²) in [5.74, 6) is -0.212. The third-order valence-electron chi connectivity index (χ3n) is 3.48. The van der Waals surface area contributed by atoms with Crippen molar-refractivity contribution in [3.05, 3.63) is 75.7 Å². The van der Waals surface area contributed by atoms with Gasteiger partial charge >= 0.3 is 0 Å². The third-order valence-corrected chi connectivity index (χ3v) is 3.73. The smallest absolute Gasteiger partial charge is 0.274 e. The first-order valence-electron chi connectivity index (χ1n) is 7.14. The number of halogens is 1. The lowest BCUT2D eigenvalue weighted by Crippen LogP contribution is -2.32. The Morgan fingerprint density at radius 3 is 2.65 bits per heavy atom. The minimum atomic E-state index is -0.212. The van der Waals surface area contributed by atoms with Crippen molar-refractivity contribution < 1.29 is 4.79 Å². The van der Waals surface area contributed by atoms with E-state index in [1.165, 1.54) is 4.68 Å². The molecule has 0 radical (unpaired) electrons. The Morgan fingerprint density at radius 2 is 1.87 bits per heavy atom. The molecule has 0 saturated carbocycles. The first-order valence-corrected chi connectivity index (χ1v) is 7.51. The fourth-order valence-corrected chi connectivity index (χ4v) is 2.39. The van der Waals surface area contributed by atoms with Crippen LogP contribution in [0.3, 0.4) is 0 Å². The van der Waals surface area contributed by atoms with Crippen molar-refractivity contribution in [3.63, 3.8) is 0 Å². The Hall–Kier alpha value is -2.66. The summed E-state index contributed by atoms with van der Waals surface area (Å²) in [7, 11) is 0. The molecule has 0 aliphatic carbocycles. The minimum Gasteiger partial charge on any atom is -0.350 e. The van der Waals surface area contributed by atoms with Crippen LogP contribution in [-0.4, -0.2) is 22.2 Å². The maximum absolute atomic E-state index is 12.3. The molecule has 1 aromatic heterocycles. The number of carbonyl (C=O) groups is 1. The zero-order valence-corrected chi connectivity index (χ0v) is 13.0. The largest absolute Gasteiger partial charge is 0.350 e.